The first-order valence-electron chi connectivity index (χ1n) is 8.49. The summed E-state index contributed by atoms with van der Waals surface area (Å²) in [6.45, 7) is 6.31. The van der Waals surface area contributed by atoms with Crippen molar-refractivity contribution < 1.29 is 0 Å². The lowest BCUT2D eigenvalue weighted by molar-refractivity contribution is 0.668. The monoisotopic (exact) mass is 508 g/mol. The third kappa shape index (κ3) is 5.01. The fourth-order valence-corrected chi connectivity index (χ4v) is 3.51. The van der Waals surface area contributed by atoms with Crippen molar-refractivity contribution in [1.29, 1.82) is 0 Å². The molecule has 0 radical (unpaired) electrons. The number of nitrogens with one attached hydrogen (secondary N) is 2. The lowest BCUT2D eigenvalue weighted by Crippen LogP contribution is -2.38. The van der Waals surface area contributed by atoms with Crippen molar-refractivity contribution in [2.24, 2.45) is 4.99 Å². The van der Waals surface area contributed by atoms with Gasteiger partial charge < -0.3 is 15.2 Å². The Morgan fingerprint density at radius 1 is 1.35 bits per heavy atom. The first-order valence-corrected chi connectivity index (χ1v) is 9.24. The van der Waals surface area contributed by atoms with Crippen molar-refractivity contribution in [3.8, 4) is 0 Å². The molecule has 0 spiro atoms. The predicted octanol–water partition coefficient (Wildman–Crippen LogP) is 3.97. The standard InChI is InChI=1S/C17H22Cl2N6.HI/c1-3-20-17(21-10-16-24-23-15-5-4-8-25(15)16)22-11(2)13-7-6-12(18)9-14(13)19;/h6-7,9,11H,3-5,8,10H2,1-2H3,(H2,20,21,22);1H. The topological polar surface area (TPSA) is 67.1 Å². The normalized spacial score (nSPS) is 14.5. The predicted molar refractivity (Wildman–Crippen MR) is 117 cm³/mol. The molecule has 1 aliphatic heterocycles. The molecule has 26 heavy (non-hydrogen) atoms. The second-order valence-corrected chi connectivity index (χ2v) is 6.86. The molecule has 2 N–H and O–H groups in total. The number of halogens is 3. The van der Waals surface area contributed by atoms with Crippen LogP contribution < -0.4 is 10.6 Å². The van der Waals surface area contributed by atoms with Gasteiger partial charge in [0.25, 0.3) is 0 Å². The summed E-state index contributed by atoms with van der Waals surface area (Å²) in [6.07, 6.45) is 2.13. The largest absolute Gasteiger partial charge is 0.357 e. The number of hydrogen-bond donors (Lipinski definition) is 2. The number of aliphatic imine (C=N–C) groups is 1. The number of benzene rings is 1. The lowest BCUT2D eigenvalue weighted by Gasteiger charge is -2.19. The van der Waals surface area contributed by atoms with Gasteiger partial charge >= 0.3 is 0 Å². The zero-order valence-corrected chi connectivity index (χ0v) is 18.6. The minimum Gasteiger partial charge on any atom is -0.357 e. The Morgan fingerprint density at radius 3 is 2.88 bits per heavy atom. The second kappa shape index (κ2) is 9.75. The zero-order chi connectivity index (χ0) is 17.8. The minimum absolute atomic E-state index is 0. The van der Waals surface area contributed by atoms with Crippen LogP contribution in [-0.4, -0.2) is 27.3 Å². The van der Waals surface area contributed by atoms with E-state index in [-0.39, 0.29) is 30.0 Å². The van der Waals surface area contributed by atoms with Crippen LogP contribution in [0.4, 0.5) is 0 Å². The molecular weight excluding hydrogens is 486 g/mol. The van der Waals surface area contributed by atoms with Crippen molar-refractivity contribution in [2.45, 2.75) is 45.8 Å². The Bertz CT molecular complexity index is 777. The zero-order valence-electron chi connectivity index (χ0n) is 14.8. The van der Waals surface area contributed by atoms with Crippen LogP contribution in [0.25, 0.3) is 0 Å². The van der Waals surface area contributed by atoms with Gasteiger partial charge in [0, 0.05) is 29.6 Å². The van der Waals surface area contributed by atoms with E-state index in [1.807, 2.05) is 26.0 Å². The number of aryl methyl sites for hydroxylation is 1. The molecule has 2 aromatic rings. The molecule has 6 nitrogen and oxygen atoms in total. The van der Waals surface area contributed by atoms with E-state index in [4.69, 9.17) is 23.2 Å². The van der Waals surface area contributed by atoms with E-state index < -0.39 is 0 Å². The van der Waals surface area contributed by atoms with Gasteiger partial charge in [-0.05, 0) is 38.0 Å². The molecule has 2 heterocycles. The lowest BCUT2D eigenvalue weighted by atomic mass is 10.1. The van der Waals surface area contributed by atoms with Crippen molar-refractivity contribution in [1.82, 2.24) is 25.4 Å². The number of nitrogens with zero attached hydrogens (tertiary/aromatic N) is 4. The van der Waals surface area contributed by atoms with E-state index >= 15 is 0 Å². The third-order valence-electron chi connectivity index (χ3n) is 4.19. The quantitative estimate of drug-likeness (QED) is 0.364. The van der Waals surface area contributed by atoms with E-state index in [1.165, 1.54) is 0 Å². The van der Waals surface area contributed by atoms with Crippen molar-refractivity contribution in [3.63, 3.8) is 0 Å². The van der Waals surface area contributed by atoms with Gasteiger partial charge in [0.05, 0.1) is 6.04 Å². The molecule has 0 saturated heterocycles. The molecule has 1 atom stereocenters. The minimum atomic E-state index is -0.00770. The summed E-state index contributed by atoms with van der Waals surface area (Å²) in [4.78, 5) is 4.65. The number of fused-ring (bicyclic) bond motifs is 1. The highest BCUT2D eigenvalue weighted by Gasteiger charge is 2.17. The molecule has 1 aromatic carbocycles. The molecule has 142 valence electrons. The van der Waals surface area contributed by atoms with Crippen LogP contribution in [0.5, 0.6) is 0 Å². The highest BCUT2D eigenvalue weighted by Crippen LogP contribution is 2.26. The molecule has 0 saturated carbocycles. The molecule has 3 rings (SSSR count). The van der Waals surface area contributed by atoms with Crippen LogP contribution in [0.1, 0.15) is 43.5 Å². The van der Waals surface area contributed by atoms with E-state index in [9.17, 15) is 0 Å². The van der Waals surface area contributed by atoms with Crippen LogP contribution in [0.15, 0.2) is 23.2 Å². The summed E-state index contributed by atoms with van der Waals surface area (Å²) in [5.41, 5.74) is 0.972. The van der Waals surface area contributed by atoms with Crippen LogP contribution in [0, 0.1) is 0 Å². The highest BCUT2D eigenvalue weighted by atomic mass is 127. The first kappa shape index (κ1) is 21.2. The molecule has 1 aromatic heterocycles. The van der Waals surface area contributed by atoms with E-state index in [2.05, 4.69) is 30.4 Å². The summed E-state index contributed by atoms with van der Waals surface area (Å²) in [5, 5.41) is 16.4. The van der Waals surface area contributed by atoms with Gasteiger partial charge in [0.2, 0.25) is 0 Å². The molecule has 0 fully saturated rings. The second-order valence-electron chi connectivity index (χ2n) is 6.01. The van der Waals surface area contributed by atoms with Crippen molar-refractivity contribution in [2.75, 3.05) is 6.54 Å². The Balaban J connectivity index is 0.00000243. The Morgan fingerprint density at radius 2 is 2.15 bits per heavy atom. The third-order valence-corrected chi connectivity index (χ3v) is 4.75. The van der Waals surface area contributed by atoms with Crippen LogP contribution in [0.3, 0.4) is 0 Å². The van der Waals surface area contributed by atoms with Crippen LogP contribution in [0.2, 0.25) is 10.0 Å². The molecule has 9 heteroatoms. The molecule has 0 aliphatic carbocycles. The average Bonchev–Trinajstić information content (AvgIpc) is 3.16. The highest BCUT2D eigenvalue weighted by molar-refractivity contribution is 14.0. The number of guanidine groups is 1. The van der Waals surface area contributed by atoms with E-state index in [0.29, 0.717) is 16.6 Å². The number of aromatic nitrogens is 3. The summed E-state index contributed by atoms with van der Waals surface area (Å²) < 4.78 is 2.16. The summed E-state index contributed by atoms with van der Waals surface area (Å²) in [5.74, 6) is 2.68. The molecular formula is C17H23Cl2IN6. The van der Waals surface area contributed by atoms with Gasteiger partial charge in [0.15, 0.2) is 11.8 Å². The maximum Gasteiger partial charge on any atom is 0.192 e. The fourth-order valence-electron chi connectivity index (χ4n) is 2.93. The summed E-state index contributed by atoms with van der Waals surface area (Å²) in [7, 11) is 0. The average molecular weight is 509 g/mol. The summed E-state index contributed by atoms with van der Waals surface area (Å²) >= 11 is 12.3. The summed E-state index contributed by atoms with van der Waals surface area (Å²) in [6, 6.07) is 5.51. The van der Waals surface area contributed by atoms with Crippen molar-refractivity contribution in [3.05, 3.63) is 45.5 Å². The van der Waals surface area contributed by atoms with Crippen LogP contribution in [-0.2, 0) is 19.5 Å². The van der Waals surface area contributed by atoms with Crippen LogP contribution >= 0.6 is 47.2 Å². The Kier molecular flexibility index (Phi) is 7.97. The Labute approximate surface area is 180 Å². The molecule has 0 amide bonds. The van der Waals surface area contributed by atoms with Gasteiger partial charge in [-0.2, -0.15) is 0 Å². The van der Waals surface area contributed by atoms with E-state index in [0.717, 1.165) is 49.1 Å². The number of hydrogen-bond acceptors (Lipinski definition) is 3. The fraction of sp³-hybridized carbons (Fsp3) is 0.471. The van der Waals surface area contributed by atoms with E-state index in [1.54, 1.807) is 6.07 Å². The van der Waals surface area contributed by atoms with Crippen molar-refractivity contribution >= 4 is 53.1 Å². The van der Waals surface area contributed by atoms with Gasteiger partial charge in [-0.25, -0.2) is 4.99 Å². The number of rotatable bonds is 5. The molecule has 0 bridgehead atoms. The molecule has 1 aliphatic rings. The molecule has 1 unspecified atom stereocenters. The maximum absolute atomic E-state index is 6.30. The first-order chi connectivity index (χ1) is 12.1. The van der Waals surface area contributed by atoms with Gasteiger partial charge in [0.1, 0.15) is 12.4 Å². The maximum atomic E-state index is 6.30. The van der Waals surface area contributed by atoms with Gasteiger partial charge in [-0.3, -0.25) is 0 Å². The van der Waals surface area contributed by atoms with Gasteiger partial charge in [-0.1, -0.05) is 29.3 Å². The Hall–Kier alpha value is -1.06. The SMILES string of the molecule is CCNC(=NCc1nnc2n1CCC2)NC(C)c1ccc(Cl)cc1Cl.I. The smallest absolute Gasteiger partial charge is 0.192 e. The van der Waals surface area contributed by atoms with Gasteiger partial charge in [-0.15, -0.1) is 34.2 Å².